The van der Waals surface area contributed by atoms with Crippen LogP contribution in [-0.2, 0) is 0 Å². The second-order valence-electron chi connectivity index (χ2n) is 6.34. The van der Waals surface area contributed by atoms with Crippen LogP contribution in [0.3, 0.4) is 0 Å². The van der Waals surface area contributed by atoms with Crippen LogP contribution in [0.5, 0.6) is 0 Å². The van der Waals surface area contributed by atoms with Gasteiger partial charge in [0.1, 0.15) is 5.82 Å². The van der Waals surface area contributed by atoms with Crippen molar-refractivity contribution in [1.82, 2.24) is 4.98 Å². The van der Waals surface area contributed by atoms with Gasteiger partial charge in [-0.2, -0.15) is 0 Å². The zero-order valence-electron chi connectivity index (χ0n) is 13.4. The first-order chi connectivity index (χ1) is 11.6. The van der Waals surface area contributed by atoms with Crippen LogP contribution in [0.1, 0.15) is 28.8 Å². The number of benzene rings is 1. The lowest BCUT2D eigenvalue weighted by Crippen LogP contribution is -2.25. The molecule has 0 atom stereocenters. The van der Waals surface area contributed by atoms with Crippen molar-refractivity contribution >= 4 is 17.2 Å². The predicted molar refractivity (Wildman–Crippen MR) is 91.4 cm³/mol. The van der Waals surface area contributed by atoms with E-state index in [0.717, 1.165) is 29.8 Å². The Balaban J connectivity index is 1.53. The second kappa shape index (κ2) is 5.74. The van der Waals surface area contributed by atoms with Crippen molar-refractivity contribution in [3.05, 3.63) is 66.0 Å². The number of anilines is 2. The molecule has 0 radical (unpaired) electrons. The fraction of sp³-hybridized carbons (Fsp3) is 0.263. The Labute approximate surface area is 140 Å². The molecular formula is C19H18FN3O. The van der Waals surface area contributed by atoms with E-state index in [2.05, 4.69) is 9.88 Å². The van der Waals surface area contributed by atoms with Crippen molar-refractivity contribution in [3.63, 3.8) is 0 Å². The second-order valence-corrected chi connectivity index (χ2v) is 6.34. The first-order valence-electron chi connectivity index (χ1n) is 8.09. The van der Waals surface area contributed by atoms with Gasteiger partial charge >= 0.3 is 0 Å². The summed E-state index contributed by atoms with van der Waals surface area (Å²) in [5.41, 5.74) is 3.11. The van der Waals surface area contributed by atoms with Gasteiger partial charge in [-0.15, -0.1) is 0 Å². The van der Waals surface area contributed by atoms with Crippen molar-refractivity contribution in [1.29, 1.82) is 0 Å². The Bertz CT molecular complexity index is 829. The molecule has 1 saturated carbocycles. The van der Waals surface area contributed by atoms with Gasteiger partial charge in [0, 0.05) is 30.2 Å². The molecule has 2 heterocycles. The Morgan fingerprint density at radius 1 is 1.21 bits per heavy atom. The quantitative estimate of drug-likeness (QED) is 0.800. The van der Waals surface area contributed by atoms with Gasteiger partial charge in [-0.25, -0.2) is 4.39 Å². The first-order valence-corrected chi connectivity index (χ1v) is 8.09. The average Bonchev–Trinajstić information content (AvgIpc) is 3.32. The molecule has 1 aromatic heterocycles. The Kier molecular flexibility index (Phi) is 3.56. The van der Waals surface area contributed by atoms with Crippen LogP contribution in [0.4, 0.5) is 15.8 Å². The number of pyridine rings is 1. The molecule has 0 unspecified atom stereocenters. The third-order valence-electron chi connectivity index (χ3n) is 4.55. The van der Waals surface area contributed by atoms with Gasteiger partial charge in [0.2, 0.25) is 0 Å². The zero-order valence-corrected chi connectivity index (χ0v) is 13.4. The molecule has 0 spiro atoms. The maximum absolute atomic E-state index is 14.3. The Morgan fingerprint density at radius 2 is 2.00 bits per heavy atom. The molecule has 4 nitrogen and oxygen atoms in total. The summed E-state index contributed by atoms with van der Waals surface area (Å²) in [4.78, 5) is 20.2. The van der Waals surface area contributed by atoms with E-state index in [4.69, 9.17) is 0 Å². The lowest BCUT2D eigenvalue weighted by Gasteiger charge is -2.22. The monoisotopic (exact) mass is 323 g/mol. The maximum Gasteiger partial charge on any atom is 0.168 e. The fourth-order valence-electron chi connectivity index (χ4n) is 2.95. The molecule has 122 valence electrons. The molecule has 24 heavy (non-hydrogen) atoms. The number of Topliss-reactive ketones (excluding diaryl/α,β-unsaturated/α-hetero) is 1. The number of carbonyl (C=O) groups is 1. The normalized spacial score (nSPS) is 16.8. The standard InChI is InChI=1S/C19H18FN3O/c1-13-6-7-21-11-18(13)23-9-8-22(12-23)15-4-5-16(17(20)10-15)19(24)14-2-3-14/h4-11,14H,2-3,12H2,1H3. The van der Waals surface area contributed by atoms with Crippen molar-refractivity contribution in [2.75, 3.05) is 16.5 Å². The first kappa shape index (κ1) is 14.9. The molecular weight excluding hydrogens is 305 g/mol. The smallest absolute Gasteiger partial charge is 0.168 e. The Morgan fingerprint density at radius 3 is 2.71 bits per heavy atom. The molecule has 2 aliphatic rings. The van der Waals surface area contributed by atoms with Gasteiger partial charge in [-0.1, -0.05) is 0 Å². The number of halogens is 1. The average molecular weight is 323 g/mol. The van der Waals surface area contributed by atoms with E-state index in [0.29, 0.717) is 6.67 Å². The number of nitrogens with zero attached hydrogens (tertiary/aromatic N) is 3. The third kappa shape index (κ3) is 2.66. The highest BCUT2D eigenvalue weighted by Gasteiger charge is 2.32. The highest BCUT2D eigenvalue weighted by molar-refractivity contribution is 5.99. The third-order valence-corrected chi connectivity index (χ3v) is 4.55. The molecule has 1 fully saturated rings. The van der Waals surface area contributed by atoms with Crippen LogP contribution in [0.2, 0.25) is 0 Å². The number of ketones is 1. The highest BCUT2D eigenvalue weighted by atomic mass is 19.1. The molecule has 1 aliphatic carbocycles. The number of aryl methyl sites for hydroxylation is 1. The minimum absolute atomic E-state index is 0.0288. The summed E-state index contributed by atoms with van der Waals surface area (Å²) < 4.78 is 14.3. The van der Waals surface area contributed by atoms with Crippen molar-refractivity contribution < 1.29 is 9.18 Å². The van der Waals surface area contributed by atoms with Crippen molar-refractivity contribution in [3.8, 4) is 0 Å². The predicted octanol–water partition coefficient (Wildman–Crippen LogP) is 3.88. The molecule has 1 aromatic carbocycles. The van der Waals surface area contributed by atoms with Crippen molar-refractivity contribution in [2.45, 2.75) is 19.8 Å². The summed E-state index contributed by atoms with van der Waals surface area (Å²) >= 11 is 0. The summed E-state index contributed by atoms with van der Waals surface area (Å²) in [6.07, 6.45) is 9.21. The van der Waals surface area contributed by atoms with E-state index >= 15 is 0 Å². The largest absolute Gasteiger partial charge is 0.328 e. The summed E-state index contributed by atoms with van der Waals surface area (Å²) in [5.74, 6) is -0.474. The van der Waals surface area contributed by atoms with Crippen LogP contribution in [0.15, 0.2) is 49.1 Å². The fourth-order valence-corrected chi connectivity index (χ4v) is 2.95. The summed E-state index contributed by atoms with van der Waals surface area (Å²) in [6, 6.07) is 6.82. The van der Waals surface area contributed by atoms with Crippen LogP contribution < -0.4 is 9.80 Å². The summed E-state index contributed by atoms with van der Waals surface area (Å²) in [6.45, 7) is 2.62. The van der Waals surface area contributed by atoms with Gasteiger partial charge in [0.05, 0.1) is 24.1 Å². The molecule has 2 aromatic rings. The van der Waals surface area contributed by atoms with Gasteiger partial charge in [0.25, 0.3) is 0 Å². The van der Waals surface area contributed by atoms with Crippen LogP contribution in [0, 0.1) is 18.7 Å². The Hall–Kier alpha value is -2.69. The van der Waals surface area contributed by atoms with Gasteiger partial charge in [-0.05, 0) is 49.6 Å². The highest BCUT2D eigenvalue weighted by Crippen LogP contribution is 2.34. The van der Waals surface area contributed by atoms with E-state index in [9.17, 15) is 9.18 Å². The van der Waals surface area contributed by atoms with E-state index < -0.39 is 5.82 Å². The van der Waals surface area contributed by atoms with Gasteiger partial charge in [-0.3, -0.25) is 9.78 Å². The van der Waals surface area contributed by atoms with E-state index in [1.54, 1.807) is 12.3 Å². The minimum Gasteiger partial charge on any atom is -0.328 e. The van der Waals surface area contributed by atoms with E-state index in [1.807, 2.05) is 42.6 Å². The topological polar surface area (TPSA) is 36.4 Å². The van der Waals surface area contributed by atoms with Gasteiger partial charge < -0.3 is 9.80 Å². The summed E-state index contributed by atoms with van der Waals surface area (Å²) in [5, 5.41) is 0. The van der Waals surface area contributed by atoms with Gasteiger partial charge in [0.15, 0.2) is 5.78 Å². The lowest BCUT2D eigenvalue weighted by atomic mass is 10.1. The lowest BCUT2D eigenvalue weighted by molar-refractivity contribution is 0.0963. The molecule has 0 saturated heterocycles. The number of hydrogen-bond acceptors (Lipinski definition) is 4. The number of aromatic nitrogens is 1. The molecule has 0 amide bonds. The molecule has 0 bridgehead atoms. The van der Waals surface area contributed by atoms with Crippen LogP contribution >= 0.6 is 0 Å². The zero-order chi connectivity index (χ0) is 16.7. The van der Waals surface area contributed by atoms with E-state index in [-0.39, 0.29) is 17.3 Å². The van der Waals surface area contributed by atoms with E-state index in [1.165, 1.54) is 6.07 Å². The summed E-state index contributed by atoms with van der Waals surface area (Å²) in [7, 11) is 0. The maximum atomic E-state index is 14.3. The van der Waals surface area contributed by atoms with Crippen molar-refractivity contribution in [2.24, 2.45) is 5.92 Å². The molecule has 4 rings (SSSR count). The molecule has 5 heteroatoms. The van der Waals surface area contributed by atoms with Crippen LogP contribution in [-0.4, -0.2) is 17.4 Å². The SMILES string of the molecule is Cc1ccncc1N1C=CN(c2ccc(C(=O)C3CC3)c(F)c2)C1. The van der Waals surface area contributed by atoms with Crippen LogP contribution in [0.25, 0.3) is 0 Å². The molecule has 0 N–H and O–H groups in total. The number of carbonyl (C=O) groups excluding carboxylic acids is 1. The number of hydrogen-bond donors (Lipinski definition) is 0. The minimum atomic E-state index is -0.436. The number of rotatable bonds is 4. The molecule has 1 aliphatic heterocycles.